The summed E-state index contributed by atoms with van der Waals surface area (Å²) in [6.07, 6.45) is 3.03. The molecule has 2 rings (SSSR count). The van der Waals surface area contributed by atoms with Crippen LogP contribution in [0.15, 0.2) is 40.8 Å². The number of nitrogens with zero attached hydrogens (tertiary/aromatic N) is 3. The van der Waals surface area contributed by atoms with Gasteiger partial charge in [-0.1, -0.05) is 19.1 Å². The molecule has 6 heteroatoms. The van der Waals surface area contributed by atoms with E-state index in [0.717, 1.165) is 43.4 Å². The average molecular weight is 374 g/mol. The van der Waals surface area contributed by atoms with Gasteiger partial charge in [0.1, 0.15) is 5.82 Å². The van der Waals surface area contributed by atoms with Crippen LogP contribution in [0.2, 0.25) is 0 Å². The molecular formula is C20H31N5S. The van der Waals surface area contributed by atoms with Crippen molar-refractivity contribution >= 4 is 23.1 Å². The molecule has 2 N–H and O–H groups in total. The smallest absolute Gasteiger partial charge is 0.191 e. The maximum Gasteiger partial charge on any atom is 0.191 e. The fourth-order valence-corrected chi connectivity index (χ4v) is 3.65. The Balaban J connectivity index is 1.77. The first-order valence-electron chi connectivity index (χ1n) is 9.33. The second kappa shape index (κ2) is 10.8. The summed E-state index contributed by atoms with van der Waals surface area (Å²) >= 11 is 1.82. The second-order valence-electron chi connectivity index (χ2n) is 6.39. The van der Waals surface area contributed by atoms with Crippen molar-refractivity contribution in [1.82, 2.24) is 15.6 Å². The van der Waals surface area contributed by atoms with E-state index in [4.69, 9.17) is 0 Å². The highest BCUT2D eigenvalue weighted by atomic mass is 32.1. The number of aromatic nitrogens is 1. The van der Waals surface area contributed by atoms with E-state index in [-0.39, 0.29) is 0 Å². The van der Waals surface area contributed by atoms with Crippen molar-refractivity contribution in [3.63, 3.8) is 0 Å². The van der Waals surface area contributed by atoms with Crippen molar-refractivity contribution in [1.29, 1.82) is 0 Å². The lowest BCUT2D eigenvalue weighted by Gasteiger charge is -2.20. The Morgan fingerprint density at radius 2 is 2.04 bits per heavy atom. The number of hydrogen-bond acceptors (Lipinski definition) is 4. The molecule has 0 aliphatic heterocycles. The van der Waals surface area contributed by atoms with E-state index in [1.54, 1.807) is 7.05 Å². The van der Waals surface area contributed by atoms with Crippen LogP contribution in [0.25, 0.3) is 0 Å². The van der Waals surface area contributed by atoms with Crippen molar-refractivity contribution in [3.05, 3.63) is 46.3 Å². The van der Waals surface area contributed by atoms with Crippen LogP contribution in [-0.4, -0.2) is 37.6 Å². The van der Waals surface area contributed by atoms with Gasteiger partial charge >= 0.3 is 0 Å². The lowest BCUT2D eigenvalue weighted by molar-refractivity contribution is 0.562. The van der Waals surface area contributed by atoms with E-state index in [1.165, 1.54) is 4.88 Å². The van der Waals surface area contributed by atoms with Gasteiger partial charge in [-0.05, 0) is 49.3 Å². The molecule has 0 amide bonds. The quantitative estimate of drug-likeness (QED) is 0.521. The number of anilines is 1. The van der Waals surface area contributed by atoms with Crippen LogP contribution in [0.1, 0.15) is 31.2 Å². The maximum absolute atomic E-state index is 4.57. The van der Waals surface area contributed by atoms with Crippen molar-refractivity contribution in [2.24, 2.45) is 10.9 Å². The van der Waals surface area contributed by atoms with Gasteiger partial charge in [0.2, 0.25) is 0 Å². The normalized spacial score (nSPS) is 12.7. The summed E-state index contributed by atoms with van der Waals surface area (Å²) in [7, 11) is 1.81. The Morgan fingerprint density at radius 1 is 1.23 bits per heavy atom. The molecule has 0 saturated heterocycles. The zero-order chi connectivity index (χ0) is 18.8. The van der Waals surface area contributed by atoms with E-state index in [9.17, 15) is 0 Å². The standard InChI is InChI=1S/C20H31N5S/c1-5-25(6-2)19-10-9-17(14-22-19)15-24-20(21-4)23-13-16(3)12-18-8-7-11-26-18/h7-11,14,16H,5-6,12-13,15H2,1-4H3,(H2,21,23,24). The average Bonchev–Trinajstić information content (AvgIpc) is 3.17. The fraction of sp³-hybridized carbons (Fsp3) is 0.500. The number of nitrogens with one attached hydrogen (secondary N) is 2. The number of aliphatic imine (C=N–C) groups is 1. The molecule has 2 heterocycles. The van der Waals surface area contributed by atoms with Gasteiger partial charge in [-0.25, -0.2) is 4.98 Å². The molecule has 1 atom stereocenters. The fourth-order valence-electron chi connectivity index (χ4n) is 2.78. The van der Waals surface area contributed by atoms with Crippen molar-refractivity contribution in [2.75, 3.05) is 31.6 Å². The van der Waals surface area contributed by atoms with Crippen LogP contribution in [0.5, 0.6) is 0 Å². The van der Waals surface area contributed by atoms with E-state index < -0.39 is 0 Å². The van der Waals surface area contributed by atoms with Crippen LogP contribution in [-0.2, 0) is 13.0 Å². The molecular weight excluding hydrogens is 342 g/mol. The molecule has 1 unspecified atom stereocenters. The number of guanidine groups is 1. The monoisotopic (exact) mass is 373 g/mol. The zero-order valence-electron chi connectivity index (χ0n) is 16.3. The van der Waals surface area contributed by atoms with Gasteiger partial charge in [0, 0.05) is 44.3 Å². The number of rotatable bonds is 9. The molecule has 0 saturated carbocycles. The molecule has 0 spiro atoms. The predicted molar refractivity (Wildman–Crippen MR) is 113 cm³/mol. The third kappa shape index (κ3) is 6.33. The van der Waals surface area contributed by atoms with E-state index in [2.05, 4.69) is 75.9 Å². The van der Waals surface area contributed by atoms with Gasteiger partial charge in [-0.2, -0.15) is 0 Å². The maximum atomic E-state index is 4.57. The highest BCUT2D eigenvalue weighted by molar-refractivity contribution is 7.09. The van der Waals surface area contributed by atoms with Crippen LogP contribution < -0.4 is 15.5 Å². The summed E-state index contributed by atoms with van der Waals surface area (Å²) in [5, 5.41) is 8.91. The van der Waals surface area contributed by atoms with Gasteiger partial charge in [0.25, 0.3) is 0 Å². The largest absolute Gasteiger partial charge is 0.357 e. The summed E-state index contributed by atoms with van der Waals surface area (Å²) in [6, 6.07) is 8.52. The van der Waals surface area contributed by atoms with Gasteiger partial charge in [-0.3, -0.25) is 4.99 Å². The van der Waals surface area contributed by atoms with Gasteiger partial charge in [0.05, 0.1) is 0 Å². The minimum Gasteiger partial charge on any atom is -0.357 e. The summed E-state index contributed by atoms with van der Waals surface area (Å²) in [5.74, 6) is 2.42. The predicted octanol–water partition coefficient (Wildman–Crippen LogP) is 3.53. The lowest BCUT2D eigenvalue weighted by atomic mass is 10.1. The molecule has 26 heavy (non-hydrogen) atoms. The minimum absolute atomic E-state index is 0.558. The number of thiophene rings is 1. The van der Waals surface area contributed by atoms with Gasteiger partial charge in [0.15, 0.2) is 5.96 Å². The Morgan fingerprint density at radius 3 is 2.62 bits per heavy atom. The van der Waals surface area contributed by atoms with E-state index in [1.807, 2.05) is 17.5 Å². The van der Waals surface area contributed by atoms with Gasteiger partial charge in [-0.15, -0.1) is 11.3 Å². The SMILES string of the molecule is CCN(CC)c1ccc(CNC(=NC)NCC(C)Cc2cccs2)cn1. The summed E-state index contributed by atoms with van der Waals surface area (Å²) in [6.45, 7) is 10.1. The molecule has 5 nitrogen and oxygen atoms in total. The molecule has 2 aromatic rings. The molecule has 0 radical (unpaired) electrons. The molecule has 0 bridgehead atoms. The molecule has 142 valence electrons. The Bertz CT molecular complexity index is 647. The highest BCUT2D eigenvalue weighted by Crippen LogP contribution is 2.14. The van der Waals surface area contributed by atoms with E-state index >= 15 is 0 Å². The highest BCUT2D eigenvalue weighted by Gasteiger charge is 2.07. The molecule has 0 aromatic carbocycles. The molecule has 0 aliphatic carbocycles. The van der Waals surface area contributed by atoms with Crippen LogP contribution in [0, 0.1) is 5.92 Å². The Hall–Kier alpha value is -2.08. The van der Waals surface area contributed by atoms with Gasteiger partial charge < -0.3 is 15.5 Å². The summed E-state index contributed by atoms with van der Waals surface area (Å²) in [4.78, 5) is 12.6. The van der Waals surface area contributed by atoms with E-state index in [0.29, 0.717) is 12.5 Å². The summed E-state index contributed by atoms with van der Waals surface area (Å²) < 4.78 is 0. The number of hydrogen-bond donors (Lipinski definition) is 2. The summed E-state index contributed by atoms with van der Waals surface area (Å²) in [5.41, 5.74) is 1.15. The van der Waals surface area contributed by atoms with Crippen molar-refractivity contribution < 1.29 is 0 Å². The Kier molecular flexibility index (Phi) is 8.41. The lowest BCUT2D eigenvalue weighted by Crippen LogP contribution is -2.39. The second-order valence-corrected chi connectivity index (χ2v) is 7.42. The first-order valence-corrected chi connectivity index (χ1v) is 10.2. The van der Waals surface area contributed by atoms with Crippen molar-refractivity contribution in [3.8, 4) is 0 Å². The number of pyridine rings is 1. The first-order chi connectivity index (χ1) is 12.7. The van der Waals surface area contributed by atoms with Crippen molar-refractivity contribution in [2.45, 2.75) is 33.7 Å². The molecule has 0 aliphatic rings. The van der Waals surface area contributed by atoms with Crippen LogP contribution in [0.3, 0.4) is 0 Å². The Labute approximate surface area is 161 Å². The minimum atomic E-state index is 0.558. The topological polar surface area (TPSA) is 52.5 Å². The van der Waals surface area contributed by atoms with Crippen LogP contribution >= 0.6 is 11.3 Å². The van der Waals surface area contributed by atoms with Crippen LogP contribution in [0.4, 0.5) is 5.82 Å². The molecule has 0 fully saturated rings. The first kappa shape index (κ1) is 20.2. The molecule has 2 aromatic heterocycles. The third-order valence-electron chi connectivity index (χ3n) is 4.33. The zero-order valence-corrected chi connectivity index (χ0v) is 17.1. The third-order valence-corrected chi connectivity index (χ3v) is 5.23.